The highest BCUT2D eigenvalue weighted by atomic mass is 32.2. The summed E-state index contributed by atoms with van der Waals surface area (Å²) in [6, 6.07) is 9.14. The van der Waals surface area contributed by atoms with Gasteiger partial charge in [0.25, 0.3) is 16.0 Å². The molecular formula is C16H12FNO5S3. The third-order valence-electron chi connectivity index (χ3n) is 3.48. The van der Waals surface area contributed by atoms with Gasteiger partial charge in [-0.25, -0.2) is 4.39 Å². The average Bonchev–Trinajstić information content (AvgIpc) is 3.12. The number of carbonyl (C=O) groups excluding carboxylic acids is 1. The number of rotatable bonds is 5. The van der Waals surface area contributed by atoms with Crippen LogP contribution in [-0.4, -0.2) is 40.4 Å². The molecule has 2 heterocycles. The maximum atomic E-state index is 13.0. The molecule has 1 aliphatic rings. The first-order chi connectivity index (χ1) is 12.2. The topological polar surface area (TPSA) is 87.8 Å². The van der Waals surface area contributed by atoms with Gasteiger partial charge in [0.1, 0.15) is 21.7 Å². The largest absolute Gasteiger partial charge is 0.457 e. The highest BCUT2D eigenvalue weighted by Crippen LogP contribution is 2.33. The number of halogens is 1. The van der Waals surface area contributed by atoms with Gasteiger partial charge in [0, 0.05) is 18.2 Å². The van der Waals surface area contributed by atoms with Crippen LogP contribution in [0.25, 0.3) is 17.4 Å². The highest BCUT2D eigenvalue weighted by molar-refractivity contribution is 8.26. The van der Waals surface area contributed by atoms with Gasteiger partial charge >= 0.3 is 0 Å². The molecule has 0 saturated carbocycles. The molecule has 10 heteroatoms. The standard InChI is InChI=1S/C16H12FNO5S3/c17-11-3-1-10(2-4-11)13-6-5-12(23-13)9-14-15(19)18(16(24)25-14)7-8-26(20,21)22/h1-6,9H,7-8H2,(H,20,21,22)/b14-9-. The number of benzene rings is 1. The number of hydrogen-bond donors (Lipinski definition) is 1. The van der Waals surface area contributed by atoms with Crippen LogP contribution in [0.1, 0.15) is 5.76 Å². The Balaban J connectivity index is 1.77. The molecule has 2 aromatic rings. The Kier molecular flexibility index (Phi) is 5.28. The van der Waals surface area contributed by atoms with Crippen molar-refractivity contribution in [2.24, 2.45) is 0 Å². The van der Waals surface area contributed by atoms with Crippen molar-refractivity contribution in [2.75, 3.05) is 12.3 Å². The van der Waals surface area contributed by atoms with E-state index >= 15 is 0 Å². The van der Waals surface area contributed by atoms with Gasteiger partial charge in [-0.15, -0.1) is 0 Å². The van der Waals surface area contributed by atoms with Gasteiger partial charge in [0.15, 0.2) is 0 Å². The molecule has 0 spiro atoms. The second kappa shape index (κ2) is 7.31. The van der Waals surface area contributed by atoms with Gasteiger partial charge in [-0.3, -0.25) is 14.2 Å². The molecule has 1 aliphatic heterocycles. The molecule has 0 radical (unpaired) electrons. The first kappa shape index (κ1) is 18.8. The van der Waals surface area contributed by atoms with E-state index in [9.17, 15) is 17.6 Å². The summed E-state index contributed by atoms with van der Waals surface area (Å²) in [6.07, 6.45) is 1.50. The molecule has 1 amide bonds. The van der Waals surface area contributed by atoms with Crippen molar-refractivity contribution >= 4 is 50.4 Å². The van der Waals surface area contributed by atoms with Gasteiger partial charge < -0.3 is 4.42 Å². The molecule has 6 nitrogen and oxygen atoms in total. The van der Waals surface area contributed by atoms with Crippen molar-refractivity contribution in [2.45, 2.75) is 0 Å². The van der Waals surface area contributed by atoms with Crippen LogP contribution < -0.4 is 0 Å². The summed E-state index contributed by atoms with van der Waals surface area (Å²) in [7, 11) is -4.19. The number of nitrogens with zero attached hydrogens (tertiary/aromatic N) is 1. The van der Waals surface area contributed by atoms with Crippen molar-refractivity contribution in [1.29, 1.82) is 0 Å². The molecular weight excluding hydrogens is 401 g/mol. The monoisotopic (exact) mass is 413 g/mol. The van der Waals surface area contributed by atoms with E-state index in [2.05, 4.69) is 0 Å². The average molecular weight is 413 g/mol. The van der Waals surface area contributed by atoms with Crippen LogP contribution in [-0.2, 0) is 14.9 Å². The molecule has 0 bridgehead atoms. The van der Waals surface area contributed by atoms with Crippen LogP contribution in [0.3, 0.4) is 0 Å². The molecule has 1 aromatic heterocycles. The summed E-state index contributed by atoms with van der Waals surface area (Å²) in [5.41, 5.74) is 0.687. The lowest BCUT2D eigenvalue weighted by Gasteiger charge is -2.12. The third kappa shape index (κ3) is 4.39. The van der Waals surface area contributed by atoms with Gasteiger partial charge in [0.2, 0.25) is 0 Å². The number of hydrogen-bond acceptors (Lipinski definition) is 6. The molecule has 0 atom stereocenters. The maximum Gasteiger partial charge on any atom is 0.266 e. The van der Waals surface area contributed by atoms with Gasteiger partial charge in [-0.1, -0.05) is 24.0 Å². The third-order valence-corrected chi connectivity index (χ3v) is 5.55. The van der Waals surface area contributed by atoms with E-state index in [1.54, 1.807) is 24.3 Å². The molecule has 26 heavy (non-hydrogen) atoms. The van der Waals surface area contributed by atoms with E-state index < -0.39 is 21.8 Å². The predicted molar refractivity (Wildman–Crippen MR) is 100 cm³/mol. The van der Waals surface area contributed by atoms with Gasteiger partial charge in [-0.2, -0.15) is 8.42 Å². The number of thiocarbonyl (C=S) groups is 1. The molecule has 1 fully saturated rings. The van der Waals surface area contributed by atoms with E-state index in [0.717, 1.165) is 16.7 Å². The zero-order valence-corrected chi connectivity index (χ0v) is 15.5. The number of furan rings is 1. The first-order valence-corrected chi connectivity index (χ1v) is 10.1. The summed E-state index contributed by atoms with van der Waals surface area (Å²) < 4.78 is 49.3. The molecule has 136 valence electrons. The Labute approximate surface area is 158 Å². The molecule has 0 unspecified atom stereocenters. The maximum absolute atomic E-state index is 13.0. The second-order valence-electron chi connectivity index (χ2n) is 5.33. The van der Waals surface area contributed by atoms with Crippen molar-refractivity contribution in [3.8, 4) is 11.3 Å². The number of amides is 1. The molecule has 3 rings (SSSR count). The zero-order valence-electron chi connectivity index (χ0n) is 13.1. The SMILES string of the molecule is O=C1/C(=C/c2ccc(-c3ccc(F)cc3)o2)SC(=S)N1CCS(=O)(=O)O. The number of carbonyl (C=O) groups is 1. The zero-order chi connectivity index (χ0) is 18.9. The van der Waals surface area contributed by atoms with Crippen LogP contribution in [0.2, 0.25) is 0 Å². The molecule has 1 N–H and O–H groups in total. The minimum atomic E-state index is -4.19. The highest BCUT2D eigenvalue weighted by Gasteiger charge is 2.32. The number of thioether (sulfide) groups is 1. The van der Waals surface area contributed by atoms with E-state index in [4.69, 9.17) is 21.2 Å². The van der Waals surface area contributed by atoms with E-state index in [1.807, 2.05) is 0 Å². The van der Waals surface area contributed by atoms with Crippen LogP contribution >= 0.6 is 24.0 Å². The lowest BCUT2D eigenvalue weighted by Crippen LogP contribution is -2.32. The van der Waals surface area contributed by atoms with Crippen LogP contribution in [0, 0.1) is 5.82 Å². The van der Waals surface area contributed by atoms with Crippen molar-refractivity contribution < 1.29 is 26.6 Å². The minimum absolute atomic E-state index is 0.204. The molecule has 0 aliphatic carbocycles. The summed E-state index contributed by atoms with van der Waals surface area (Å²) in [5, 5.41) is 0. The molecule has 1 saturated heterocycles. The Hall–Kier alpha value is -2.01. The van der Waals surface area contributed by atoms with Crippen molar-refractivity contribution in [3.63, 3.8) is 0 Å². The Bertz CT molecular complexity index is 995. The normalized spacial score (nSPS) is 16.7. The lowest BCUT2D eigenvalue weighted by atomic mass is 10.2. The quantitative estimate of drug-likeness (QED) is 0.458. The smallest absolute Gasteiger partial charge is 0.266 e. The first-order valence-electron chi connectivity index (χ1n) is 7.29. The van der Waals surface area contributed by atoms with Gasteiger partial charge in [0.05, 0.1) is 10.7 Å². The second-order valence-corrected chi connectivity index (χ2v) is 8.58. The Morgan fingerprint density at radius 3 is 2.58 bits per heavy atom. The van der Waals surface area contributed by atoms with Crippen LogP contribution in [0.15, 0.2) is 45.7 Å². The fraction of sp³-hybridized carbons (Fsp3) is 0.125. The Morgan fingerprint density at radius 2 is 1.92 bits per heavy atom. The van der Waals surface area contributed by atoms with E-state index in [1.165, 1.54) is 18.2 Å². The van der Waals surface area contributed by atoms with Crippen LogP contribution in [0.4, 0.5) is 4.39 Å². The lowest BCUT2D eigenvalue weighted by molar-refractivity contribution is -0.121. The summed E-state index contributed by atoms with van der Waals surface area (Å²) >= 11 is 6.09. The minimum Gasteiger partial charge on any atom is -0.457 e. The van der Waals surface area contributed by atoms with E-state index in [-0.39, 0.29) is 21.6 Å². The fourth-order valence-electron chi connectivity index (χ4n) is 2.23. The summed E-state index contributed by atoms with van der Waals surface area (Å²) in [6.45, 7) is -0.222. The van der Waals surface area contributed by atoms with Crippen molar-refractivity contribution in [3.05, 3.63) is 52.9 Å². The summed E-state index contributed by atoms with van der Waals surface area (Å²) in [5.74, 6) is -0.488. The van der Waals surface area contributed by atoms with E-state index in [0.29, 0.717) is 17.1 Å². The summed E-state index contributed by atoms with van der Waals surface area (Å²) in [4.78, 5) is 13.7. The molecule has 1 aromatic carbocycles. The predicted octanol–water partition coefficient (Wildman–Crippen LogP) is 3.17. The van der Waals surface area contributed by atoms with Gasteiger partial charge in [-0.05, 0) is 36.4 Å². The Morgan fingerprint density at radius 1 is 1.23 bits per heavy atom. The fourth-order valence-corrected chi connectivity index (χ4v) is 3.93. The van der Waals surface area contributed by atoms with Crippen molar-refractivity contribution in [1.82, 2.24) is 4.90 Å². The van der Waals surface area contributed by atoms with Crippen LogP contribution in [0.5, 0.6) is 0 Å².